The van der Waals surface area contributed by atoms with Crippen LogP contribution < -0.4 is 10.6 Å². The highest BCUT2D eigenvalue weighted by Gasteiger charge is 2.30. The maximum Gasteiger partial charge on any atom is 0.320 e. The van der Waals surface area contributed by atoms with Crippen molar-refractivity contribution in [1.29, 1.82) is 0 Å². The zero-order valence-electron chi connectivity index (χ0n) is 14.3. The van der Waals surface area contributed by atoms with Crippen molar-refractivity contribution in [2.24, 2.45) is 5.73 Å². The summed E-state index contributed by atoms with van der Waals surface area (Å²) in [5.74, 6) is -0.906. The molecule has 136 valence electrons. The van der Waals surface area contributed by atoms with Crippen molar-refractivity contribution in [1.82, 2.24) is 4.90 Å². The molecule has 25 heavy (non-hydrogen) atoms. The molecule has 1 unspecified atom stereocenters. The highest BCUT2D eigenvalue weighted by molar-refractivity contribution is 5.95. The van der Waals surface area contributed by atoms with E-state index in [1.807, 2.05) is 24.3 Å². The number of hydrogen-bond donors (Lipinski definition) is 2. The Balaban J connectivity index is 1.59. The number of hydrogen-bond acceptors (Lipinski definition) is 5. The van der Waals surface area contributed by atoms with Gasteiger partial charge in [0.05, 0.1) is 6.54 Å². The second-order valence-electron chi connectivity index (χ2n) is 6.67. The molecule has 2 aliphatic rings. The van der Waals surface area contributed by atoms with E-state index >= 15 is 0 Å². The van der Waals surface area contributed by atoms with Gasteiger partial charge in [-0.3, -0.25) is 14.5 Å². The number of carbonyl (C=O) groups excluding carboxylic acids is 1. The van der Waals surface area contributed by atoms with Gasteiger partial charge < -0.3 is 20.5 Å². The summed E-state index contributed by atoms with van der Waals surface area (Å²) in [5.41, 5.74) is 7.26. The number of piperazine rings is 1. The van der Waals surface area contributed by atoms with Crippen LogP contribution >= 0.6 is 0 Å². The number of anilines is 1. The zero-order valence-corrected chi connectivity index (χ0v) is 14.3. The summed E-state index contributed by atoms with van der Waals surface area (Å²) < 4.78 is 5.39. The first kappa shape index (κ1) is 17.8. The maximum absolute atomic E-state index is 12.6. The van der Waals surface area contributed by atoms with Crippen LogP contribution in [0.2, 0.25) is 0 Å². The van der Waals surface area contributed by atoms with E-state index in [0.29, 0.717) is 19.1 Å². The summed E-state index contributed by atoms with van der Waals surface area (Å²) in [6, 6.07) is 6.96. The molecule has 0 saturated carbocycles. The number of ether oxygens (including phenoxy) is 1. The number of carboxylic acid groups (broad SMARTS) is 1. The highest BCUT2D eigenvalue weighted by atomic mass is 16.5. The standard InChI is InChI=1S/C18H25N3O4/c19-16(18(23)24)11-13-1-3-15(4-2-13)21-8-7-20(12-17(21)22)14-5-9-25-10-6-14/h1-4,14,16H,5-12,19H2,(H,23,24). The fourth-order valence-corrected chi connectivity index (χ4v) is 3.48. The molecule has 2 fully saturated rings. The minimum absolute atomic E-state index is 0.104. The molecule has 0 spiro atoms. The van der Waals surface area contributed by atoms with E-state index in [0.717, 1.165) is 43.9 Å². The molecule has 1 aromatic carbocycles. The van der Waals surface area contributed by atoms with Crippen LogP contribution in [0.3, 0.4) is 0 Å². The van der Waals surface area contributed by atoms with Gasteiger partial charge in [0.25, 0.3) is 0 Å². The summed E-state index contributed by atoms with van der Waals surface area (Å²) in [5, 5.41) is 8.88. The number of carbonyl (C=O) groups is 2. The van der Waals surface area contributed by atoms with Gasteiger partial charge in [0.2, 0.25) is 5.91 Å². The molecular weight excluding hydrogens is 322 g/mol. The molecule has 2 heterocycles. The van der Waals surface area contributed by atoms with Crippen LogP contribution in [0.1, 0.15) is 18.4 Å². The minimum Gasteiger partial charge on any atom is -0.480 e. The van der Waals surface area contributed by atoms with Gasteiger partial charge in [-0.2, -0.15) is 0 Å². The molecule has 3 N–H and O–H groups in total. The second kappa shape index (κ2) is 7.95. The number of nitrogens with two attached hydrogens (primary N) is 1. The molecule has 1 atom stereocenters. The van der Waals surface area contributed by atoms with Crippen LogP contribution in [0.4, 0.5) is 5.69 Å². The van der Waals surface area contributed by atoms with Crippen molar-refractivity contribution in [2.75, 3.05) is 37.7 Å². The number of benzene rings is 1. The SMILES string of the molecule is NC(Cc1ccc(N2CCN(C3CCOCC3)CC2=O)cc1)C(=O)O. The van der Waals surface area contributed by atoms with Gasteiger partial charge in [-0.1, -0.05) is 12.1 Å². The molecule has 2 saturated heterocycles. The van der Waals surface area contributed by atoms with E-state index in [1.54, 1.807) is 4.90 Å². The molecule has 0 radical (unpaired) electrons. The molecule has 1 amide bonds. The second-order valence-corrected chi connectivity index (χ2v) is 6.67. The molecule has 0 aromatic heterocycles. The molecule has 7 nitrogen and oxygen atoms in total. The molecule has 2 aliphatic heterocycles. The lowest BCUT2D eigenvalue weighted by Gasteiger charge is -2.40. The fraction of sp³-hybridized carbons (Fsp3) is 0.556. The molecule has 0 bridgehead atoms. The summed E-state index contributed by atoms with van der Waals surface area (Å²) >= 11 is 0. The smallest absolute Gasteiger partial charge is 0.320 e. The van der Waals surface area contributed by atoms with Crippen LogP contribution in [-0.4, -0.2) is 66.8 Å². The highest BCUT2D eigenvalue weighted by Crippen LogP contribution is 2.22. The first-order chi connectivity index (χ1) is 12.0. The average Bonchev–Trinajstić information content (AvgIpc) is 2.63. The molecular formula is C18H25N3O4. The van der Waals surface area contributed by atoms with Gasteiger partial charge >= 0.3 is 5.97 Å². The van der Waals surface area contributed by atoms with Gasteiger partial charge in [0, 0.05) is 38.0 Å². The third kappa shape index (κ3) is 4.36. The van der Waals surface area contributed by atoms with E-state index < -0.39 is 12.0 Å². The average molecular weight is 347 g/mol. The monoisotopic (exact) mass is 347 g/mol. The Morgan fingerprint density at radius 2 is 1.92 bits per heavy atom. The van der Waals surface area contributed by atoms with Crippen LogP contribution in [0, 0.1) is 0 Å². The van der Waals surface area contributed by atoms with Crippen molar-refractivity contribution in [3.63, 3.8) is 0 Å². The molecule has 1 aromatic rings. The summed E-state index contributed by atoms with van der Waals surface area (Å²) in [6.45, 7) is 3.53. The van der Waals surface area contributed by atoms with E-state index in [1.165, 1.54) is 0 Å². The Labute approximate surface area is 147 Å². The first-order valence-corrected chi connectivity index (χ1v) is 8.74. The Kier molecular flexibility index (Phi) is 5.67. The summed E-state index contributed by atoms with van der Waals surface area (Å²) in [6.07, 6.45) is 2.26. The van der Waals surface area contributed by atoms with Crippen LogP contribution in [0.5, 0.6) is 0 Å². The lowest BCUT2D eigenvalue weighted by atomic mass is 10.0. The van der Waals surface area contributed by atoms with Gasteiger partial charge in [-0.25, -0.2) is 0 Å². The predicted molar refractivity (Wildman–Crippen MR) is 93.5 cm³/mol. The maximum atomic E-state index is 12.6. The predicted octanol–water partition coefficient (Wildman–Crippen LogP) is 0.469. The minimum atomic E-state index is -1.01. The first-order valence-electron chi connectivity index (χ1n) is 8.74. The topological polar surface area (TPSA) is 96.1 Å². The molecule has 3 rings (SSSR count). The van der Waals surface area contributed by atoms with Gasteiger partial charge in [-0.15, -0.1) is 0 Å². The van der Waals surface area contributed by atoms with Gasteiger partial charge in [0.1, 0.15) is 6.04 Å². The Bertz CT molecular complexity index is 613. The Morgan fingerprint density at radius 3 is 2.52 bits per heavy atom. The van der Waals surface area contributed by atoms with E-state index in [9.17, 15) is 9.59 Å². The van der Waals surface area contributed by atoms with E-state index in [4.69, 9.17) is 15.6 Å². The molecule has 0 aliphatic carbocycles. The van der Waals surface area contributed by atoms with Crippen molar-refractivity contribution >= 4 is 17.6 Å². The lowest BCUT2D eigenvalue weighted by molar-refractivity contribution is -0.138. The number of aliphatic carboxylic acids is 1. The number of carboxylic acids is 1. The largest absolute Gasteiger partial charge is 0.480 e. The van der Waals surface area contributed by atoms with Gasteiger partial charge in [0.15, 0.2) is 0 Å². The third-order valence-corrected chi connectivity index (χ3v) is 4.98. The van der Waals surface area contributed by atoms with Crippen molar-refractivity contribution in [3.8, 4) is 0 Å². The van der Waals surface area contributed by atoms with E-state index in [-0.39, 0.29) is 12.3 Å². The number of rotatable bonds is 5. The summed E-state index contributed by atoms with van der Waals surface area (Å²) in [4.78, 5) is 27.5. The van der Waals surface area contributed by atoms with Crippen molar-refractivity contribution in [3.05, 3.63) is 29.8 Å². The third-order valence-electron chi connectivity index (χ3n) is 4.98. The molecule has 7 heteroatoms. The lowest BCUT2D eigenvalue weighted by Crippen LogP contribution is -2.54. The zero-order chi connectivity index (χ0) is 17.8. The Morgan fingerprint density at radius 1 is 1.24 bits per heavy atom. The number of nitrogens with zero attached hydrogens (tertiary/aromatic N) is 2. The van der Waals surface area contributed by atoms with Crippen LogP contribution in [0.15, 0.2) is 24.3 Å². The normalized spacial score (nSPS) is 21.3. The van der Waals surface area contributed by atoms with Crippen LogP contribution in [-0.2, 0) is 20.7 Å². The quantitative estimate of drug-likeness (QED) is 0.804. The van der Waals surface area contributed by atoms with Gasteiger partial charge in [-0.05, 0) is 37.0 Å². The fourth-order valence-electron chi connectivity index (χ4n) is 3.48. The van der Waals surface area contributed by atoms with Crippen LogP contribution in [0.25, 0.3) is 0 Å². The Hall–Kier alpha value is -1.96. The van der Waals surface area contributed by atoms with Crippen molar-refractivity contribution in [2.45, 2.75) is 31.3 Å². The number of amides is 1. The van der Waals surface area contributed by atoms with E-state index in [2.05, 4.69) is 4.90 Å². The summed E-state index contributed by atoms with van der Waals surface area (Å²) in [7, 11) is 0. The van der Waals surface area contributed by atoms with Crippen molar-refractivity contribution < 1.29 is 19.4 Å².